The first-order valence-corrected chi connectivity index (χ1v) is 6.88. The number of rotatable bonds is 3. The Hall–Kier alpha value is -0.740. The van der Waals surface area contributed by atoms with Crippen LogP contribution < -0.4 is 4.74 Å². The largest absolute Gasteiger partial charge is 0.496 e. The number of hydrogen-bond acceptors (Lipinski definition) is 3. The van der Waals surface area contributed by atoms with Crippen LogP contribution in [-0.4, -0.2) is 15.5 Å². The fraction of sp³-hybridized carbons (Fsp3) is 0.400. The summed E-state index contributed by atoms with van der Waals surface area (Å²) < 4.78 is 27.1. The fourth-order valence-corrected chi connectivity index (χ4v) is 2.56. The molecule has 1 aromatic rings. The van der Waals surface area contributed by atoms with Gasteiger partial charge in [0, 0.05) is 10.7 Å². The standard InChI is InChI=1S/C10H13ClO3S/c1-7-4-5-9(6-15(11,12)13)8(2)10(7)14-3/h4-5H,6H2,1-3H3. The molecule has 0 fully saturated rings. The van der Waals surface area contributed by atoms with E-state index in [9.17, 15) is 8.42 Å². The first-order valence-electron chi connectivity index (χ1n) is 4.40. The lowest BCUT2D eigenvalue weighted by molar-refractivity contribution is 0.408. The number of ether oxygens (including phenoxy) is 1. The van der Waals surface area contributed by atoms with Gasteiger partial charge in [-0.05, 0) is 30.5 Å². The van der Waals surface area contributed by atoms with Crippen molar-refractivity contribution in [1.82, 2.24) is 0 Å². The Labute approximate surface area is 94.4 Å². The molecular formula is C10H13ClO3S. The summed E-state index contributed by atoms with van der Waals surface area (Å²) in [7, 11) is 3.25. The normalized spacial score (nSPS) is 11.5. The second kappa shape index (κ2) is 4.41. The van der Waals surface area contributed by atoms with Crippen molar-refractivity contribution in [1.29, 1.82) is 0 Å². The minimum atomic E-state index is -3.52. The zero-order chi connectivity index (χ0) is 11.6. The van der Waals surface area contributed by atoms with Gasteiger partial charge in [0.15, 0.2) is 0 Å². The molecule has 0 atom stereocenters. The Bertz CT molecular complexity index is 466. The van der Waals surface area contributed by atoms with Crippen LogP contribution in [0.15, 0.2) is 12.1 Å². The lowest BCUT2D eigenvalue weighted by Crippen LogP contribution is -2.00. The molecule has 0 aliphatic carbocycles. The molecule has 0 radical (unpaired) electrons. The maximum atomic E-state index is 11.0. The predicted octanol–water partition coefficient (Wildman–Crippen LogP) is 2.38. The summed E-state index contributed by atoms with van der Waals surface area (Å²) in [6, 6.07) is 3.58. The Morgan fingerprint density at radius 3 is 2.40 bits per heavy atom. The van der Waals surface area contributed by atoms with Crippen molar-refractivity contribution in [3.8, 4) is 5.75 Å². The van der Waals surface area contributed by atoms with Crippen molar-refractivity contribution in [2.75, 3.05) is 7.11 Å². The number of hydrogen-bond donors (Lipinski definition) is 0. The SMILES string of the molecule is COc1c(C)ccc(CS(=O)(=O)Cl)c1C. The second-order valence-electron chi connectivity index (χ2n) is 3.38. The van der Waals surface area contributed by atoms with Gasteiger partial charge in [0.2, 0.25) is 9.05 Å². The van der Waals surface area contributed by atoms with Crippen LogP contribution in [0.5, 0.6) is 5.75 Å². The van der Waals surface area contributed by atoms with Gasteiger partial charge in [0.05, 0.1) is 12.9 Å². The molecule has 0 N–H and O–H groups in total. The average molecular weight is 249 g/mol. The minimum Gasteiger partial charge on any atom is -0.496 e. The topological polar surface area (TPSA) is 43.4 Å². The lowest BCUT2D eigenvalue weighted by atomic mass is 10.1. The van der Waals surface area contributed by atoms with Crippen molar-refractivity contribution in [3.05, 3.63) is 28.8 Å². The van der Waals surface area contributed by atoms with E-state index in [-0.39, 0.29) is 5.75 Å². The number of halogens is 1. The molecule has 0 aromatic heterocycles. The van der Waals surface area contributed by atoms with Gasteiger partial charge in [0.1, 0.15) is 5.75 Å². The van der Waals surface area contributed by atoms with Gasteiger partial charge < -0.3 is 4.74 Å². The molecule has 0 heterocycles. The van der Waals surface area contributed by atoms with Crippen molar-refractivity contribution in [2.45, 2.75) is 19.6 Å². The van der Waals surface area contributed by atoms with Gasteiger partial charge in [-0.3, -0.25) is 0 Å². The molecule has 0 saturated carbocycles. The third-order valence-electron chi connectivity index (χ3n) is 2.25. The molecule has 0 aliphatic rings. The molecule has 15 heavy (non-hydrogen) atoms. The van der Waals surface area contributed by atoms with Crippen LogP contribution in [0.1, 0.15) is 16.7 Å². The van der Waals surface area contributed by atoms with Gasteiger partial charge in [-0.15, -0.1) is 0 Å². The van der Waals surface area contributed by atoms with Crippen LogP contribution in [0.4, 0.5) is 0 Å². The highest BCUT2D eigenvalue weighted by molar-refractivity contribution is 8.13. The summed E-state index contributed by atoms with van der Waals surface area (Å²) in [5, 5.41) is 0. The van der Waals surface area contributed by atoms with E-state index in [1.807, 2.05) is 19.9 Å². The van der Waals surface area contributed by atoms with E-state index in [0.29, 0.717) is 11.3 Å². The Morgan fingerprint density at radius 1 is 1.33 bits per heavy atom. The number of benzene rings is 1. The van der Waals surface area contributed by atoms with E-state index in [1.54, 1.807) is 13.2 Å². The van der Waals surface area contributed by atoms with Crippen molar-refractivity contribution >= 4 is 19.7 Å². The number of methoxy groups -OCH3 is 1. The molecule has 1 aromatic carbocycles. The summed E-state index contributed by atoms with van der Waals surface area (Å²) in [6.45, 7) is 3.73. The molecule has 84 valence electrons. The van der Waals surface area contributed by atoms with Crippen LogP contribution in [0, 0.1) is 13.8 Å². The third kappa shape index (κ3) is 3.11. The zero-order valence-electron chi connectivity index (χ0n) is 8.87. The molecular weight excluding hydrogens is 236 g/mol. The van der Waals surface area contributed by atoms with Crippen molar-refractivity contribution in [3.63, 3.8) is 0 Å². The molecule has 0 unspecified atom stereocenters. The summed E-state index contributed by atoms with van der Waals surface area (Å²) >= 11 is 0. The molecule has 3 nitrogen and oxygen atoms in total. The monoisotopic (exact) mass is 248 g/mol. The van der Waals surface area contributed by atoms with Gasteiger partial charge in [-0.25, -0.2) is 8.42 Å². The molecule has 0 aliphatic heterocycles. The fourth-order valence-electron chi connectivity index (χ4n) is 1.52. The molecule has 5 heteroatoms. The van der Waals surface area contributed by atoms with Crippen LogP contribution in [0.2, 0.25) is 0 Å². The van der Waals surface area contributed by atoms with E-state index in [4.69, 9.17) is 15.4 Å². The predicted molar refractivity (Wildman–Crippen MR) is 60.9 cm³/mol. The van der Waals surface area contributed by atoms with Crippen molar-refractivity contribution in [2.24, 2.45) is 0 Å². The van der Waals surface area contributed by atoms with E-state index in [1.165, 1.54) is 0 Å². The van der Waals surface area contributed by atoms with E-state index in [0.717, 1.165) is 11.1 Å². The first kappa shape index (κ1) is 12.3. The summed E-state index contributed by atoms with van der Waals surface area (Å²) in [4.78, 5) is 0. The van der Waals surface area contributed by atoms with Gasteiger partial charge in [-0.1, -0.05) is 12.1 Å². The Morgan fingerprint density at radius 2 is 1.93 bits per heavy atom. The average Bonchev–Trinajstić information content (AvgIpc) is 2.09. The molecule has 0 amide bonds. The highest BCUT2D eigenvalue weighted by Crippen LogP contribution is 2.27. The Balaban J connectivity index is 3.22. The van der Waals surface area contributed by atoms with E-state index in [2.05, 4.69) is 0 Å². The van der Waals surface area contributed by atoms with E-state index < -0.39 is 9.05 Å². The summed E-state index contributed by atoms with van der Waals surface area (Å²) in [5.41, 5.74) is 2.47. The van der Waals surface area contributed by atoms with Gasteiger partial charge in [0.25, 0.3) is 0 Å². The summed E-state index contributed by atoms with van der Waals surface area (Å²) in [5.74, 6) is 0.546. The molecule has 0 spiro atoms. The highest BCUT2D eigenvalue weighted by atomic mass is 35.7. The van der Waals surface area contributed by atoms with Crippen molar-refractivity contribution < 1.29 is 13.2 Å². The van der Waals surface area contributed by atoms with E-state index >= 15 is 0 Å². The summed E-state index contributed by atoms with van der Waals surface area (Å²) in [6.07, 6.45) is 0. The molecule has 0 bridgehead atoms. The Kier molecular flexibility index (Phi) is 3.62. The quantitative estimate of drug-likeness (QED) is 0.772. The molecule has 1 rings (SSSR count). The second-order valence-corrected chi connectivity index (χ2v) is 6.16. The maximum absolute atomic E-state index is 11.0. The van der Waals surface area contributed by atoms with Crippen LogP contribution in [0.25, 0.3) is 0 Å². The maximum Gasteiger partial charge on any atom is 0.236 e. The first-order chi connectivity index (χ1) is 6.85. The molecule has 0 saturated heterocycles. The zero-order valence-corrected chi connectivity index (χ0v) is 10.4. The van der Waals surface area contributed by atoms with Crippen LogP contribution >= 0.6 is 10.7 Å². The van der Waals surface area contributed by atoms with Crippen LogP contribution in [-0.2, 0) is 14.8 Å². The number of aryl methyl sites for hydroxylation is 1. The van der Waals surface area contributed by atoms with Crippen LogP contribution in [0.3, 0.4) is 0 Å². The van der Waals surface area contributed by atoms with Gasteiger partial charge >= 0.3 is 0 Å². The van der Waals surface area contributed by atoms with Gasteiger partial charge in [-0.2, -0.15) is 0 Å². The lowest BCUT2D eigenvalue weighted by Gasteiger charge is -2.11. The third-order valence-corrected chi connectivity index (χ3v) is 3.23. The highest BCUT2D eigenvalue weighted by Gasteiger charge is 2.13. The smallest absolute Gasteiger partial charge is 0.236 e. The minimum absolute atomic E-state index is 0.170.